The van der Waals surface area contributed by atoms with E-state index in [9.17, 15) is 0 Å². The first-order valence-electron chi connectivity index (χ1n) is 14.6. The molecule has 0 aromatic heterocycles. The van der Waals surface area contributed by atoms with Gasteiger partial charge in [-0.05, 0) is 47.9 Å². The molecule has 2 nitrogen and oxygen atoms in total. The molecule has 1 heterocycles. The molecule has 2 aromatic carbocycles. The maximum atomic E-state index is 5.99. The van der Waals surface area contributed by atoms with Crippen LogP contribution in [0.1, 0.15) is 121 Å². The van der Waals surface area contributed by atoms with Gasteiger partial charge in [-0.25, -0.2) is 0 Å². The normalized spacial score (nSPS) is 12.7. The van der Waals surface area contributed by atoms with E-state index in [0.717, 1.165) is 25.3 Å². The third-order valence-corrected chi connectivity index (χ3v) is 7.26. The van der Waals surface area contributed by atoms with Crippen molar-refractivity contribution in [2.45, 2.75) is 116 Å². The van der Waals surface area contributed by atoms with Crippen molar-refractivity contribution in [1.29, 1.82) is 0 Å². The summed E-state index contributed by atoms with van der Waals surface area (Å²) in [4.78, 5) is 2.29. The molecule has 0 unspecified atom stereocenters. The Morgan fingerprint density at radius 2 is 1.17 bits per heavy atom. The number of fused-ring (bicyclic) bond motifs is 1. The van der Waals surface area contributed by atoms with E-state index in [1.807, 2.05) is 0 Å². The zero-order valence-electron chi connectivity index (χ0n) is 22.4. The lowest BCUT2D eigenvalue weighted by Crippen LogP contribution is -2.18. The highest BCUT2D eigenvalue weighted by atomic mass is 16.5. The fourth-order valence-electron chi connectivity index (χ4n) is 5.00. The van der Waals surface area contributed by atoms with Gasteiger partial charge in [-0.1, -0.05) is 128 Å². The standard InChI is InChI=1S/C33H49NO/c1-2-3-4-5-6-7-8-9-10-11-12-13-14-15-16-19-28-35-33-24-22-32(23-25-33)34-27-26-30-20-17-18-21-31(30)29-34/h17-18,20-27H,2-16,19,28-29H2,1H3. The number of nitrogens with zero attached hydrogens (tertiary/aromatic N) is 1. The van der Waals surface area contributed by atoms with Crippen LogP contribution in [0.4, 0.5) is 5.69 Å². The van der Waals surface area contributed by atoms with Crippen molar-refractivity contribution in [2.75, 3.05) is 11.5 Å². The average Bonchev–Trinajstić information content (AvgIpc) is 2.90. The summed E-state index contributed by atoms with van der Waals surface area (Å²) in [5, 5.41) is 0. The zero-order valence-corrected chi connectivity index (χ0v) is 22.4. The summed E-state index contributed by atoms with van der Waals surface area (Å²) in [6, 6.07) is 17.2. The number of rotatable bonds is 19. The maximum absolute atomic E-state index is 5.99. The van der Waals surface area contributed by atoms with E-state index in [1.54, 1.807) is 0 Å². The van der Waals surface area contributed by atoms with Crippen molar-refractivity contribution in [1.82, 2.24) is 0 Å². The highest BCUT2D eigenvalue weighted by Crippen LogP contribution is 2.26. The van der Waals surface area contributed by atoms with E-state index in [2.05, 4.69) is 72.6 Å². The van der Waals surface area contributed by atoms with Crippen LogP contribution in [0.5, 0.6) is 5.75 Å². The molecule has 0 radical (unpaired) electrons. The molecule has 0 spiro atoms. The SMILES string of the molecule is CCCCCCCCCCCCCCCCCCOc1ccc(N2C=Cc3ccccc3C2)cc1. The Balaban J connectivity index is 1.13. The number of hydrogen-bond donors (Lipinski definition) is 0. The van der Waals surface area contributed by atoms with Gasteiger partial charge in [0, 0.05) is 18.4 Å². The van der Waals surface area contributed by atoms with Gasteiger partial charge in [0.05, 0.1) is 6.61 Å². The number of hydrogen-bond acceptors (Lipinski definition) is 2. The first-order valence-corrected chi connectivity index (χ1v) is 14.6. The maximum Gasteiger partial charge on any atom is 0.119 e. The molecule has 2 aromatic rings. The van der Waals surface area contributed by atoms with Crippen LogP contribution >= 0.6 is 0 Å². The molecule has 192 valence electrons. The Bertz CT molecular complexity index is 825. The van der Waals surface area contributed by atoms with Gasteiger partial charge in [0.2, 0.25) is 0 Å². The molecule has 0 fully saturated rings. The van der Waals surface area contributed by atoms with Crippen LogP contribution in [-0.4, -0.2) is 6.61 Å². The van der Waals surface area contributed by atoms with Crippen LogP contribution in [0.15, 0.2) is 54.7 Å². The van der Waals surface area contributed by atoms with Gasteiger partial charge in [-0.3, -0.25) is 0 Å². The van der Waals surface area contributed by atoms with Gasteiger partial charge in [0.1, 0.15) is 5.75 Å². The van der Waals surface area contributed by atoms with E-state index in [1.165, 1.54) is 113 Å². The van der Waals surface area contributed by atoms with E-state index in [-0.39, 0.29) is 0 Å². The molecule has 1 aliphatic rings. The van der Waals surface area contributed by atoms with Crippen LogP contribution in [-0.2, 0) is 6.54 Å². The Morgan fingerprint density at radius 1 is 0.629 bits per heavy atom. The van der Waals surface area contributed by atoms with Gasteiger partial charge in [0.15, 0.2) is 0 Å². The quantitative estimate of drug-likeness (QED) is 0.187. The summed E-state index contributed by atoms with van der Waals surface area (Å²) in [5.74, 6) is 0.982. The van der Waals surface area contributed by atoms with Crippen molar-refractivity contribution in [3.63, 3.8) is 0 Å². The minimum Gasteiger partial charge on any atom is -0.494 e. The molecule has 2 heteroatoms. The smallest absolute Gasteiger partial charge is 0.119 e. The lowest BCUT2D eigenvalue weighted by molar-refractivity contribution is 0.304. The molecule has 35 heavy (non-hydrogen) atoms. The molecular formula is C33H49NO. The Hall–Kier alpha value is -2.22. The lowest BCUT2D eigenvalue weighted by Gasteiger charge is -2.25. The molecule has 0 aliphatic carbocycles. The largest absolute Gasteiger partial charge is 0.494 e. The Morgan fingerprint density at radius 3 is 1.77 bits per heavy atom. The fraction of sp³-hybridized carbons (Fsp3) is 0.576. The molecule has 1 aliphatic heterocycles. The number of unbranched alkanes of at least 4 members (excludes halogenated alkanes) is 15. The van der Waals surface area contributed by atoms with Gasteiger partial charge in [-0.15, -0.1) is 0 Å². The number of benzene rings is 2. The molecule has 0 N–H and O–H groups in total. The highest BCUT2D eigenvalue weighted by molar-refractivity contribution is 5.64. The average molecular weight is 476 g/mol. The second kappa shape index (κ2) is 17.2. The Labute approximate surface area is 215 Å². The first kappa shape index (κ1) is 27.4. The predicted octanol–water partition coefficient (Wildman–Crippen LogP) is 10.3. The molecule has 3 rings (SSSR count). The van der Waals surface area contributed by atoms with Crippen molar-refractivity contribution >= 4 is 11.8 Å². The van der Waals surface area contributed by atoms with Gasteiger partial charge in [0.25, 0.3) is 0 Å². The third-order valence-electron chi connectivity index (χ3n) is 7.26. The van der Waals surface area contributed by atoms with Crippen molar-refractivity contribution in [3.8, 4) is 5.75 Å². The van der Waals surface area contributed by atoms with Crippen molar-refractivity contribution in [2.24, 2.45) is 0 Å². The van der Waals surface area contributed by atoms with Crippen LogP contribution in [0.25, 0.3) is 6.08 Å². The minimum atomic E-state index is 0.828. The fourth-order valence-corrected chi connectivity index (χ4v) is 5.00. The van der Waals surface area contributed by atoms with Gasteiger partial charge < -0.3 is 9.64 Å². The summed E-state index contributed by atoms with van der Waals surface area (Å²) in [6.07, 6.45) is 26.8. The Kier molecular flexibility index (Phi) is 13.5. The summed E-state index contributed by atoms with van der Waals surface area (Å²) in [7, 11) is 0. The molecule has 0 saturated heterocycles. The molecule has 0 atom stereocenters. The van der Waals surface area contributed by atoms with Crippen molar-refractivity contribution < 1.29 is 4.74 Å². The minimum absolute atomic E-state index is 0.828. The summed E-state index contributed by atoms with van der Waals surface area (Å²) >= 11 is 0. The van der Waals surface area contributed by atoms with E-state index < -0.39 is 0 Å². The summed E-state index contributed by atoms with van der Waals surface area (Å²) in [5.41, 5.74) is 3.91. The van der Waals surface area contributed by atoms with Gasteiger partial charge >= 0.3 is 0 Å². The summed E-state index contributed by atoms with van der Waals surface area (Å²) < 4.78 is 5.99. The lowest BCUT2D eigenvalue weighted by atomic mass is 10.0. The predicted molar refractivity (Wildman–Crippen MR) is 153 cm³/mol. The van der Waals surface area contributed by atoms with Gasteiger partial charge in [-0.2, -0.15) is 0 Å². The zero-order chi connectivity index (χ0) is 24.4. The summed E-state index contributed by atoms with van der Waals surface area (Å²) in [6.45, 7) is 4.05. The van der Waals surface area contributed by atoms with Crippen LogP contribution in [0.2, 0.25) is 0 Å². The molecular weight excluding hydrogens is 426 g/mol. The van der Waals surface area contributed by atoms with E-state index in [0.29, 0.717) is 0 Å². The second-order valence-corrected chi connectivity index (χ2v) is 10.3. The molecule has 0 amide bonds. The first-order chi connectivity index (χ1) is 17.4. The number of anilines is 1. The van der Waals surface area contributed by atoms with Crippen LogP contribution < -0.4 is 9.64 Å². The van der Waals surface area contributed by atoms with E-state index >= 15 is 0 Å². The monoisotopic (exact) mass is 475 g/mol. The number of ether oxygens (including phenoxy) is 1. The third kappa shape index (κ3) is 10.9. The second-order valence-electron chi connectivity index (χ2n) is 10.3. The topological polar surface area (TPSA) is 12.5 Å². The molecule has 0 bridgehead atoms. The van der Waals surface area contributed by atoms with E-state index in [4.69, 9.17) is 4.74 Å². The molecule has 0 saturated carbocycles. The van der Waals surface area contributed by atoms with Crippen LogP contribution in [0.3, 0.4) is 0 Å². The highest BCUT2D eigenvalue weighted by Gasteiger charge is 2.11. The van der Waals surface area contributed by atoms with Crippen LogP contribution in [0, 0.1) is 0 Å². The van der Waals surface area contributed by atoms with Crippen molar-refractivity contribution in [3.05, 3.63) is 65.9 Å².